The number of urea groups is 1. The molecule has 2 aromatic rings. The number of pyridine rings is 1. The zero-order valence-electron chi connectivity index (χ0n) is 14.1. The molecular formula is C16H25N5O2. The molecule has 0 radical (unpaired) electrons. The van der Waals surface area contributed by atoms with Gasteiger partial charge in [-0.05, 0) is 18.9 Å². The van der Waals surface area contributed by atoms with Crippen molar-refractivity contribution in [1.29, 1.82) is 0 Å². The molecule has 7 heteroatoms. The topological polar surface area (TPSA) is 92.1 Å². The van der Waals surface area contributed by atoms with Crippen molar-refractivity contribution in [1.82, 2.24) is 20.1 Å². The highest BCUT2D eigenvalue weighted by molar-refractivity contribution is 5.92. The van der Waals surface area contributed by atoms with Gasteiger partial charge in [0.15, 0.2) is 5.65 Å². The molecule has 3 N–H and O–H groups in total. The van der Waals surface area contributed by atoms with Gasteiger partial charge in [0, 0.05) is 19.0 Å². The molecule has 0 saturated heterocycles. The molecule has 0 aromatic carbocycles. The summed E-state index contributed by atoms with van der Waals surface area (Å²) in [4.78, 5) is 16.3. The zero-order chi connectivity index (χ0) is 17.0. The molecule has 7 nitrogen and oxygen atoms in total. The molecule has 126 valence electrons. The highest BCUT2D eigenvalue weighted by Gasteiger charge is 2.16. The highest BCUT2D eigenvalue weighted by Crippen LogP contribution is 2.19. The van der Waals surface area contributed by atoms with Crippen LogP contribution in [0.1, 0.15) is 32.4 Å². The Hall–Kier alpha value is -2.15. The van der Waals surface area contributed by atoms with E-state index < -0.39 is 6.10 Å². The van der Waals surface area contributed by atoms with E-state index in [4.69, 9.17) is 0 Å². The number of carbonyl (C=O) groups excluding carboxylic acids is 1. The summed E-state index contributed by atoms with van der Waals surface area (Å²) in [6.45, 7) is 6.21. The Morgan fingerprint density at radius 3 is 2.74 bits per heavy atom. The minimum Gasteiger partial charge on any atom is -0.391 e. The summed E-state index contributed by atoms with van der Waals surface area (Å²) in [7, 11) is 1.83. The second-order valence-corrected chi connectivity index (χ2v) is 5.78. The van der Waals surface area contributed by atoms with E-state index in [0.29, 0.717) is 5.69 Å². The third kappa shape index (κ3) is 3.98. The number of rotatable bonds is 6. The summed E-state index contributed by atoms with van der Waals surface area (Å²) < 4.78 is 1.71. The van der Waals surface area contributed by atoms with Crippen molar-refractivity contribution in [3.63, 3.8) is 0 Å². The number of nitrogens with zero attached hydrogens (tertiary/aromatic N) is 3. The molecule has 1 atom stereocenters. The summed E-state index contributed by atoms with van der Waals surface area (Å²) >= 11 is 0. The number of hydrogen-bond donors (Lipinski definition) is 3. The summed E-state index contributed by atoms with van der Waals surface area (Å²) in [5.41, 5.74) is 2.24. The van der Waals surface area contributed by atoms with Gasteiger partial charge in [-0.1, -0.05) is 26.7 Å². The first-order valence-electron chi connectivity index (χ1n) is 7.98. The number of hydrogen-bond acceptors (Lipinski definition) is 4. The number of amides is 2. The molecule has 0 saturated carbocycles. The van der Waals surface area contributed by atoms with Crippen LogP contribution in [0.25, 0.3) is 11.0 Å². The predicted octanol–water partition coefficient (Wildman–Crippen LogP) is 2.20. The van der Waals surface area contributed by atoms with E-state index in [1.54, 1.807) is 10.9 Å². The van der Waals surface area contributed by atoms with Gasteiger partial charge in [-0.3, -0.25) is 4.68 Å². The van der Waals surface area contributed by atoms with E-state index in [9.17, 15) is 9.90 Å². The second kappa shape index (κ2) is 7.41. The van der Waals surface area contributed by atoms with Crippen LogP contribution in [0, 0.1) is 12.8 Å². The molecule has 0 aliphatic rings. The van der Waals surface area contributed by atoms with Gasteiger partial charge in [0.25, 0.3) is 0 Å². The van der Waals surface area contributed by atoms with Gasteiger partial charge in [-0.15, -0.1) is 0 Å². The van der Waals surface area contributed by atoms with Crippen LogP contribution in [0.5, 0.6) is 0 Å². The van der Waals surface area contributed by atoms with E-state index in [-0.39, 0.29) is 18.5 Å². The molecule has 0 fully saturated rings. The Morgan fingerprint density at radius 1 is 1.39 bits per heavy atom. The lowest BCUT2D eigenvalue weighted by molar-refractivity contribution is 0.104. The molecular weight excluding hydrogens is 294 g/mol. The molecule has 0 aliphatic heterocycles. The second-order valence-electron chi connectivity index (χ2n) is 5.78. The van der Waals surface area contributed by atoms with Crippen LogP contribution in [0.3, 0.4) is 0 Å². The van der Waals surface area contributed by atoms with Crippen LogP contribution < -0.4 is 10.6 Å². The molecule has 0 bridgehead atoms. The SMILES string of the molecule is CCC(CC)C(O)CNC(=O)Nc1cnc2c(c1)c(C)nn2C. The summed E-state index contributed by atoms with van der Waals surface area (Å²) in [5.74, 6) is 0.200. The maximum Gasteiger partial charge on any atom is 0.319 e. The van der Waals surface area contributed by atoms with Crippen LogP contribution in [0.2, 0.25) is 0 Å². The lowest BCUT2D eigenvalue weighted by atomic mass is 9.97. The number of fused-ring (bicyclic) bond motifs is 1. The monoisotopic (exact) mass is 319 g/mol. The maximum atomic E-state index is 12.0. The highest BCUT2D eigenvalue weighted by atomic mass is 16.3. The van der Waals surface area contributed by atoms with Gasteiger partial charge < -0.3 is 15.7 Å². The standard InChI is InChI=1S/C16H25N5O2/c1-5-11(6-2)14(22)9-18-16(23)19-12-7-13-10(3)20-21(4)15(13)17-8-12/h7-8,11,14,22H,5-6,9H2,1-4H3,(H2,18,19,23). The van der Waals surface area contributed by atoms with Crippen LogP contribution in [0.15, 0.2) is 12.3 Å². The quantitative estimate of drug-likeness (QED) is 0.761. The van der Waals surface area contributed by atoms with E-state index in [2.05, 4.69) is 20.7 Å². The van der Waals surface area contributed by atoms with E-state index in [0.717, 1.165) is 29.6 Å². The van der Waals surface area contributed by atoms with Crippen molar-refractivity contribution in [3.8, 4) is 0 Å². The molecule has 2 aromatic heterocycles. The van der Waals surface area contributed by atoms with E-state index >= 15 is 0 Å². The fourth-order valence-electron chi connectivity index (χ4n) is 2.75. The Labute approximate surface area is 136 Å². The Kier molecular flexibility index (Phi) is 5.54. The summed E-state index contributed by atoms with van der Waals surface area (Å²) in [6, 6.07) is 1.50. The van der Waals surface area contributed by atoms with E-state index in [1.165, 1.54) is 0 Å². The summed E-state index contributed by atoms with van der Waals surface area (Å²) in [5, 5.41) is 20.7. The number of nitrogens with one attached hydrogen (secondary N) is 2. The fourth-order valence-corrected chi connectivity index (χ4v) is 2.75. The van der Waals surface area contributed by atoms with Gasteiger partial charge in [0.2, 0.25) is 0 Å². The number of aliphatic hydroxyl groups is 1. The predicted molar refractivity (Wildman–Crippen MR) is 90.3 cm³/mol. The fraction of sp³-hybridized carbons (Fsp3) is 0.562. The largest absolute Gasteiger partial charge is 0.391 e. The lowest BCUT2D eigenvalue weighted by Crippen LogP contribution is -2.38. The van der Waals surface area contributed by atoms with Gasteiger partial charge in [0.05, 0.1) is 23.7 Å². The average Bonchev–Trinajstić information content (AvgIpc) is 2.81. The normalized spacial score (nSPS) is 12.6. The van der Waals surface area contributed by atoms with Crippen LogP contribution in [-0.4, -0.2) is 38.6 Å². The average molecular weight is 319 g/mol. The van der Waals surface area contributed by atoms with Gasteiger partial charge in [-0.2, -0.15) is 5.10 Å². The number of anilines is 1. The first kappa shape index (κ1) is 17.2. The summed E-state index contributed by atoms with van der Waals surface area (Å²) in [6.07, 6.45) is 2.85. The third-order valence-corrected chi connectivity index (χ3v) is 4.19. The van der Waals surface area contributed by atoms with Gasteiger partial charge >= 0.3 is 6.03 Å². The molecule has 2 amide bonds. The molecule has 0 aliphatic carbocycles. The lowest BCUT2D eigenvalue weighted by Gasteiger charge is -2.20. The van der Waals surface area contributed by atoms with Gasteiger partial charge in [-0.25, -0.2) is 9.78 Å². The number of carbonyl (C=O) groups is 1. The van der Waals surface area contributed by atoms with Gasteiger partial charge in [0.1, 0.15) is 0 Å². The molecule has 1 unspecified atom stereocenters. The minimum absolute atomic E-state index is 0.200. The van der Waals surface area contributed by atoms with Crippen molar-refractivity contribution in [2.75, 3.05) is 11.9 Å². The molecule has 23 heavy (non-hydrogen) atoms. The third-order valence-electron chi connectivity index (χ3n) is 4.19. The zero-order valence-corrected chi connectivity index (χ0v) is 14.1. The maximum absolute atomic E-state index is 12.0. The van der Waals surface area contributed by atoms with Crippen LogP contribution in [-0.2, 0) is 7.05 Å². The number of aliphatic hydroxyl groups excluding tert-OH is 1. The van der Waals surface area contributed by atoms with Crippen LogP contribution in [0.4, 0.5) is 10.5 Å². The van der Waals surface area contributed by atoms with Crippen LogP contribution >= 0.6 is 0 Å². The first-order chi connectivity index (χ1) is 11.0. The smallest absolute Gasteiger partial charge is 0.319 e. The molecule has 2 rings (SSSR count). The van der Waals surface area contributed by atoms with Crippen molar-refractivity contribution in [3.05, 3.63) is 18.0 Å². The van der Waals surface area contributed by atoms with E-state index in [1.807, 2.05) is 33.9 Å². The number of aromatic nitrogens is 3. The Bertz CT molecular complexity index is 678. The Morgan fingerprint density at radius 2 is 2.09 bits per heavy atom. The minimum atomic E-state index is -0.531. The van der Waals surface area contributed by atoms with Crippen molar-refractivity contribution < 1.29 is 9.90 Å². The first-order valence-corrected chi connectivity index (χ1v) is 7.98. The van der Waals surface area contributed by atoms with Crippen molar-refractivity contribution >= 4 is 22.8 Å². The van der Waals surface area contributed by atoms with Crippen molar-refractivity contribution in [2.24, 2.45) is 13.0 Å². The number of aryl methyl sites for hydroxylation is 2. The Balaban J connectivity index is 1.96. The molecule has 0 spiro atoms. The molecule has 2 heterocycles. The van der Waals surface area contributed by atoms with Crippen molar-refractivity contribution in [2.45, 2.75) is 39.7 Å².